The summed E-state index contributed by atoms with van der Waals surface area (Å²) in [6.07, 6.45) is 3.29. The van der Waals surface area contributed by atoms with Crippen LogP contribution in [0.5, 0.6) is 5.75 Å². The topological polar surface area (TPSA) is 32.7 Å². The molecule has 0 heterocycles. The number of aliphatic hydroxyl groups excluding tert-OH is 1. The van der Waals surface area contributed by atoms with Gasteiger partial charge in [-0.1, -0.05) is 30.7 Å². The molecule has 0 aliphatic carbocycles. The summed E-state index contributed by atoms with van der Waals surface area (Å²) in [4.78, 5) is 2.27. The molecule has 106 valence electrons. The summed E-state index contributed by atoms with van der Waals surface area (Å²) in [7, 11) is 1.67. The van der Waals surface area contributed by atoms with E-state index in [2.05, 4.69) is 37.0 Å². The highest BCUT2D eigenvalue weighted by molar-refractivity contribution is 5.53. The monoisotopic (exact) mass is 263 g/mol. The summed E-state index contributed by atoms with van der Waals surface area (Å²) in [5.41, 5.74) is 2.48. The zero-order chi connectivity index (χ0) is 14.1. The van der Waals surface area contributed by atoms with Crippen molar-refractivity contribution >= 4 is 6.08 Å². The highest BCUT2D eigenvalue weighted by atomic mass is 16.5. The van der Waals surface area contributed by atoms with Crippen LogP contribution >= 0.6 is 0 Å². The van der Waals surface area contributed by atoms with E-state index in [4.69, 9.17) is 9.84 Å². The number of rotatable bonds is 8. The lowest BCUT2D eigenvalue weighted by molar-refractivity contribution is 0.206. The maximum atomic E-state index is 9.05. The van der Waals surface area contributed by atoms with Gasteiger partial charge in [0.2, 0.25) is 0 Å². The van der Waals surface area contributed by atoms with Crippen LogP contribution in [0.15, 0.2) is 29.8 Å². The molecule has 0 amide bonds. The molecule has 0 unspecified atom stereocenters. The van der Waals surface area contributed by atoms with Gasteiger partial charge in [0.25, 0.3) is 0 Å². The Kier molecular flexibility index (Phi) is 7.23. The van der Waals surface area contributed by atoms with Crippen molar-refractivity contribution in [1.82, 2.24) is 4.90 Å². The molecule has 1 aromatic rings. The van der Waals surface area contributed by atoms with Crippen molar-refractivity contribution in [1.29, 1.82) is 0 Å². The largest absolute Gasteiger partial charge is 0.497 e. The van der Waals surface area contributed by atoms with Crippen molar-refractivity contribution in [2.75, 3.05) is 33.4 Å². The van der Waals surface area contributed by atoms with E-state index in [9.17, 15) is 0 Å². The first-order valence-electron chi connectivity index (χ1n) is 6.84. The van der Waals surface area contributed by atoms with Gasteiger partial charge >= 0.3 is 0 Å². The average Bonchev–Trinajstić information content (AvgIpc) is 2.40. The third kappa shape index (κ3) is 5.90. The molecule has 3 heteroatoms. The van der Waals surface area contributed by atoms with Gasteiger partial charge in [0, 0.05) is 13.1 Å². The molecule has 0 aliphatic rings. The van der Waals surface area contributed by atoms with Crippen LogP contribution in [0.25, 0.3) is 6.08 Å². The van der Waals surface area contributed by atoms with E-state index < -0.39 is 0 Å². The van der Waals surface area contributed by atoms with Gasteiger partial charge in [-0.25, -0.2) is 0 Å². The van der Waals surface area contributed by atoms with Crippen LogP contribution in [0.1, 0.15) is 25.8 Å². The molecule has 1 rings (SSSR count). The Morgan fingerprint density at radius 2 is 1.95 bits per heavy atom. The molecule has 0 bridgehead atoms. The molecular formula is C16H25NO2. The smallest absolute Gasteiger partial charge is 0.118 e. The minimum Gasteiger partial charge on any atom is -0.497 e. The highest BCUT2D eigenvalue weighted by Gasteiger charge is 2.03. The number of benzene rings is 1. The second kappa shape index (κ2) is 8.73. The summed E-state index contributed by atoms with van der Waals surface area (Å²) in [5, 5.41) is 9.05. The third-order valence-electron chi connectivity index (χ3n) is 2.96. The van der Waals surface area contributed by atoms with E-state index >= 15 is 0 Å². The highest BCUT2D eigenvalue weighted by Crippen LogP contribution is 2.14. The van der Waals surface area contributed by atoms with Crippen molar-refractivity contribution in [3.63, 3.8) is 0 Å². The number of aliphatic hydroxyl groups is 1. The van der Waals surface area contributed by atoms with Gasteiger partial charge in [-0.05, 0) is 37.6 Å². The summed E-state index contributed by atoms with van der Waals surface area (Å²) in [5.74, 6) is 0.877. The molecular weight excluding hydrogens is 238 g/mol. The van der Waals surface area contributed by atoms with Crippen molar-refractivity contribution in [2.45, 2.75) is 20.3 Å². The second-order valence-corrected chi connectivity index (χ2v) is 4.76. The van der Waals surface area contributed by atoms with Crippen LogP contribution in [-0.2, 0) is 0 Å². The van der Waals surface area contributed by atoms with Crippen LogP contribution in [0.3, 0.4) is 0 Å². The van der Waals surface area contributed by atoms with Crippen molar-refractivity contribution in [3.05, 3.63) is 35.4 Å². The lowest BCUT2D eigenvalue weighted by atomic mass is 10.1. The van der Waals surface area contributed by atoms with Gasteiger partial charge in [-0.2, -0.15) is 0 Å². The maximum Gasteiger partial charge on any atom is 0.118 e. The fourth-order valence-corrected chi connectivity index (χ4v) is 2.11. The fraction of sp³-hybridized carbons (Fsp3) is 0.500. The number of ether oxygens (including phenoxy) is 1. The van der Waals surface area contributed by atoms with E-state index in [-0.39, 0.29) is 6.61 Å². The standard InChI is InChI=1S/C16H25NO2/c1-4-9-17(10-11-18)13-14(2)12-15-5-7-16(19-3)8-6-15/h5-8,12,18H,4,9-11,13H2,1-3H3/b14-12+. The van der Waals surface area contributed by atoms with Crippen LogP contribution < -0.4 is 4.74 Å². The van der Waals surface area contributed by atoms with Gasteiger partial charge in [-0.15, -0.1) is 0 Å². The van der Waals surface area contributed by atoms with E-state index in [1.54, 1.807) is 7.11 Å². The average molecular weight is 263 g/mol. The molecule has 0 fully saturated rings. The predicted octanol–water partition coefficient (Wildman–Crippen LogP) is 2.80. The summed E-state index contributed by atoms with van der Waals surface area (Å²) in [6.45, 7) is 7.17. The second-order valence-electron chi connectivity index (χ2n) is 4.76. The van der Waals surface area contributed by atoms with E-state index in [0.717, 1.165) is 31.8 Å². The maximum absolute atomic E-state index is 9.05. The van der Waals surface area contributed by atoms with Crippen molar-refractivity contribution in [3.8, 4) is 5.75 Å². The fourth-order valence-electron chi connectivity index (χ4n) is 2.11. The molecule has 0 aliphatic heterocycles. The number of hydrogen-bond donors (Lipinski definition) is 1. The Morgan fingerprint density at radius 3 is 2.47 bits per heavy atom. The molecule has 0 saturated heterocycles. The zero-order valence-corrected chi connectivity index (χ0v) is 12.2. The molecule has 0 saturated carbocycles. The van der Waals surface area contributed by atoms with Gasteiger partial charge < -0.3 is 9.84 Å². The molecule has 0 radical (unpaired) electrons. The van der Waals surface area contributed by atoms with Gasteiger partial charge in [0.05, 0.1) is 13.7 Å². The first-order valence-corrected chi connectivity index (χ1v) is 6.84. The van der Waals surface area contributed by atoms with E-state index in [1.807, 2.05) is 12.1 Å². The van der Waals surface area contributed by atoms with Gasteiger partial charge in [0.15, 0.2) is 0 Å². The van der Waals surface area contributed by atoms with Gasteiger partial charge in [-0.3, -0.25) is 4.90 Å². The molecule has 1 N–H and O–H groups in total. The SMILES string of the molecule is CCCN(CCO)C/C(C)=C/c1ccc(OC)cc1. The Morgan fingerprint density at radius 1 is 1.26 bits per heavy atom. The first kappa shape index (κ1) is 15.7. The van der Waals surface area contributed by atoms with Crippen LogP contribution in [0.4, 0.5) is 0 Å². The van der Waals surface area contributed by atoms with E-state index in [1.165, 1.54) is 11.1 Å². The Labute approximate surface area is 116 Å². The van der Waals surface area contributed by atoms with Crippen LogP contribution in [0, 0.1) is 0 Å². The lowest BCUT2D eigenvalue weighted by Gasteiger charge is -2.20. The molecule has 19 heavy (non-hydrogen) atoms. The molecule has 3 nitrogen and oxygen atoms in total. The minimum absolute atomic E-state index is 0.218. The zero-order valence-electron chi connectivity index (χ0n) is 12.2. The van der Waals surface area contributed by atoms with Crippen molar-refractivity contribution < 1.29 is 9.84 Å². The molecule has 1 aromatic carbocycles. The summed E-state index contributed by atoms with van der Waals surface area (Å²) < 4.78 is 5.15. The van der Waals surface area contributed by atoms with Crippen LogP contribution in [0.2, 0.25) is 0 Å². The quantitative estimate of drug-likeness (QED) is 0.783. The van der Waals surface area contributed by atoms with Gasteiger partial charge in [0.1, 0.15) is 5.75 Å². The Balaban J connectivity index is 2.63. The molecule has 0 aromatic heterocycles. The third-order valence-corrected chi connectivity index (χ3v) is 2.96. The lowest BCUT2D eigenvalue weighted by Crippen LogP contribution is -2.29. The number of hydrogen-bond acceptors (Lipinski definition) is 3. The summed E-state index contributed by atoms with van der Waals surface area (Å²) in [6, 6.07) is 8.05. The summed E-state index contributed by atoms with van der Waals surface area (Å²) >= 11 is 0. The minimum atomic E-state index is 0.218. The Bertz CT molecular complexity index is 378. The van der Waals surface area contributed by atoms with Crippen molar-refractivity contribution in [2.24, 2.45) is 0 Å². The first-order chi connectivity index (χ1) is 9.19. The molecule has 0 spiro atoms. The number of methoxy groups -OCH3 is 1. The number of nitrogens with zero attached hydrogens (tertiary/aromatic N) is 1. The van der Waals surface area contributed by atoms with E-state index in [0.29, 0.717) is 0 Å². The van der Waals surface area contributed by atoms with Crippen LogP contribution in [-0.4, -0.2) is 43.4 Å². The molecule has 0 atom stereocenters. The predicted molar refractivity (Wildman–Crippen MR) is 80.5 cm³/mol. The Hall–Kier alpha value is -1.32. The normalized spacial score (nSPS) is 11.9.